The zero-order chi connectivity index (χ0) is 15.0. The molecule has 0 spiro atoms. The van der Waals surface area contributed by atoms with Gasteiger partial charge in [0.05, 0.1) is 0 Å². The van der Waals surface area contributed by atoms with E-state index in [0.29, 0.717) is 6.42 Å². The van der Waals surface area contributed by atoms with Crippen molar-refractivity contribution in [3.05, 3.63) is 29.6 Å². The molecule has 2 atom stereocenters. The minimum Gasteiger partial charge on any atom is -0.480 e. The van der Waals surface area contributed by atoms with E-state index in [0.717, 1.165) is 44.5 Å². The van der Waals surface area contributed by atoms with Gasteiger partial charge in [-0.15, -0.1) is 0 Å². The molecule has 0 saturated heterocycles. The first kappa shape index (κ1) is 14.3. The number of carboxylic acids is 1. The summed E-state index contributed by atoms with van der Waals surface area (Å²) in [6.45, 7) is 1.61. The van der Waals surface area contributed by atoms with Crippen LogP contribution in [0.1, 0.15) is 31.2 Å². The van der Waals surface area contributed by atoms with Crippen LogP contribution in [0.2, 0.25) is 0 Å². The first-order valence-electron chi connectivity index (χ1n) is 7.56. The van der Waals surface area contributed by atoms with Crippen molar-refractivity contribution in [2.75, 3.05) is 18.0 Å². The minimum atomic E-state index is -1.08. The van der Waals surface area contributed by atoms with Gasteiger partial charge in [0.2, 0.25) is 0 Å². The number of nitrogens with zero attached hydrogens (tertiary/aromatic N) is 1. The molecule has 1 fully saturated rings. The molecule has 21 heavy (non-hydrogen) atoms. The number of hydrogen-bond donors (Lipinski definition) is 2. The van der Waals surface area contributed by atoms with Crippen molar-refractivity contribution in [3.8, 4) is 0 Å². The predicted molar refractivity (Wildman–Crippen MR) is 78.8 cm³/mol. The van der Waals surface area contributed by atoms with Crippen LogP contribution in [-0.4, -0.2) is 29.7 Å². The van der Waals surface area contributed by atoms with Crippen LogP contribution in [0.5, 0.6) is 0 Å². The van der Waals surface area contributed by atoms with Crippen molar-refractivity contribution in [2.24, 2.45) is 11.7 Å². The van der Waals surface area contributed by atoms with E-state index in [4.69, 9.17) is 5.73 Å². The summed E-state index contributed by atoms with van der Waals surface area (Å²) in [6.07, 6.45) is 3.97. The maximum absolute atomic E-state index is 13.4. The largest absolute Gasteiger partial charge is 0.480 e. The van der Waals surface area contributed by atoms with Gasteiger partial charge in [-0.05, 0) is 49.3 Å². The minimum absolute atomic E-state index is 0.00705. The van der Waals surface area contributed by atoms with Gasteiger partial charge < -0.3 is 15.7 Å². The fourth-order valence-corrected chi connectivity index (χ4v) is 3.75. The van der Waals surface area contributed by atoms with Gasteiger partial charge in [0.15, 0.2) is 0 Å². The molecule has 4 nitrogen and oxygen atoms in total. The molecule has 1 aliphatic carbocycles. The second-order valence-corrected chi connectivity index (χ2v) is 6.23. The first-order valence-corrected chi connectivity index (χ1v) is 7.56. The number of rotatable bonds is 4. The Kier molecular flexibility index (Phi) is 3.61. The SMILES string of the molecule is NC1(C(=O)O)CCCC1CCN1CCc2ccc(F)cc21. The Morgan fingerprint density at radius 1 is 1.52 bits per heavy atom. The van der Waals surface area contributed by atoms with Crippen LogP contribution in [-0.2, 0) is 11.2 Å². The normalized spacial score (nSPS) is 27.9. The third kappa shape index (κ3) is 2.50. The molecule has 1 aromatic rings. The number of anilines is 1. The Morgan fingerprint density at radius 3 is 3.10 bits per heavy atom. The van der Waals surface area contributed by atoms with Crippen molar-refractivity contribution in [1.82, 2.24) is 0 Å². The molecule has 0 radical (unpaired) electrons. The average Bonchev–Trinajstić information content (AvgIpc) is 3.01. The topological polar surface area (TPSA) is 66.6 Å². The van der Waals surface area contributed by atoms with E-state index in [-0.39, 0.29) is 11.7 Å². The first-order chi connectivity index (χ1) is 10.0. The number of hydrogen-bond acceptors (Lipinski definition) is 3. The molecule has 1 aromatic carbocycles. The van der Waals surface area contributed by atoms with Crippen molar-refractivity contribution in [2.45, 2.75) is 37.6 Å². The molecular weight excluding hydrogens is 271 g/mol. The molecule has 0 amide bonds. The highest BCUT2D eigenvalue weighted by molar-refractivity contribution is 5.79. The molecule has 1 aliphatic heterocycles. The fraction of sp³-hybridized carbons (Fsp3) is 0.562. The third-order valence-electron chi connectivity index (χ3n) is 5.06. The quantitative estimate of drug-likeness (QED) is 0.892. The number of aliphatic carboxylic acids is 1. The molecule has 0 aromatic heterocycles. The Bertz CT molecular complexity index is 563. The molecule has 3 rings (SSSR count). The van der Waals surface area contributed by atoms with Gasteiger partial charge in [-0.2, -0.15) is 0 Å². The molecule has 2 unspecified atom stereocenters. The standard InChI is InChI=1S/C16H21FN2O2/c17-13-4-3-11-5-8-19(14(11)10-13)9-6-12-2-1-7-16(12,18)15(20)21/h3-4,10,12H,1-2,5-9,18H2,(H,20,21). The monoisotopic (exact) mass is 292 g/mol. The van der Waals surface area contributed by atoms with Gasteiger partial charge in [0, 0.05) is 18.8 Å². The molecular formula is C16H21FN2O2. The van der Waals surface area contributed by atoms with E-state index >= 15 is 0 Å². The lowest BCUT2D eigenvalue weighted by Gasteiger charge is -2.29. The van der Waals surface area contributed by atoms with Gasteiger partial charge in [-0.1, -0.05) is 12.5 Å². The molecule has 114 valence electrons. The number of benzene rings is 1. The van der Waals surface area contributed by atoms with Crippen LogP contribution >= 0.6 is 0 Å². The van der Waals surface area contributed by atoms with Gasteiger partial charge >= 0.3 is 5.97 Å². The van der Waals surface area contributed by atoms with Crippen molar-refractivity contribution in [3.63, 3.8) is 0 Å². The number of carbonyl (C=O) groups is 1. The van der Waals surface area contributed by atoms with Crippen molar-refractivity contribution >= 4 is 11.7 Å². The van der Waals surface area contributed by atoms with Crippen molar-refractivity contribution in [1.29, 1.82) is 0 Å². The van der Waals surface area contributed by atoms with Gasteiger partial charge in [0.25, 0.3) is 0 Å². The number of fused-ring (bicyclic) bond motifs is 1. The highest BCUT2D eigenvalue weighted by Gasteiger charge is 2.45. The Labute approximate surface area is 123 Å². The molecule has 1 saturated carbocycles. The Hall–Kier alpha value is -1.62. The van der Waals surface area contributed by atoms with Gasteiger partial charge in [-0.25, -0.2) is 4.39 Å². The summed E-state index contributed by atoms with van der Waals surface area (Å²) in [5, 5.41) is 9.34. The smallest absolute Gasteiger partial charge is 0.323 e. The lowest BCUT2D eigenvalue weighted by Crippen LogP contribution is -2.51. The van der Waals surface area contributed by atoms with E-state index in [1.807, 2.05) is 6.07 Å². The van der Waals surface area contributed by atoms with Crippen LogP contribution in [0.25, 0.3) is 0 Å². The Balaban J connectivity index is 1.67. The highest BCUT2D eigenvalue weighted by Crippen LogP contribution is 2.37. The summed E-state index contributed by atoms with van der Waals surface area (Å²) in [5.41, 5.74) is 7.11. The summed E-state index contributed by atoms with van der Waals surface area (Å²) >= 11 is 0. The third-order valence-corrected chi connectivity index (χ3v) is 5.06. The summed E-state index contributed by atoms with van der Waals surface area (Å²) in [6, 6.07) is 4.91. The predicted octanol–water partition coefficient (Wildman–Crippen LogP) is 2.16. The van der Waals surface area contributed by atoms with E-state index in [2.05, 4.69) is 4.90 Å². The van der Waals surface area contributed by atoms with Gasteiger partial charge in [0.1, 0.15) is 11.4 Å². The van der Waals surface area contributed by atoms with E-state index in [9.17, 15) is 14.3 Å². The molecule has 2 aliphatic rings. The van der Waals surface area contributed by atoms with Crippen LogP contribution in [0.15, 0.2) is 18.2 Å². The molecule has 1 heterocycles. The molecule has 5 heteroatoms. The van der Waals surface area contributed by atoms with E-state index < -0.39 is 11.5 Å². The maximum atomic E-state index is 13.4. The average molecular weight is 292 g/mol. The van der Waals surface area contributed by atoms with Crippen molar-refractivity contribution < 1.29 is 14.3 Å². The zero-order valence-electron chi connectivity index (χ0n) is 12.0. The van der Waals surface area contributed by atoms with Crippen LogP contribution in [0.4, 0.5) is 10.1 Å². The second kappa shape index (κ2) is 5.30. The van der Waals surface area contributed by atoms with E-state index in [1.165, 1.54) is 11.6 Å². The van der Waals surface area contributed by atoms with Crippen LogP contribution in [0.3, 0.4) is 0 Å². The lowest BCUT2D eigenvalue weighted by molar-refractivity contribution is -0.144. The lowest BCUT2D eigenvalue weighted by atomic mass is 9.85. The Morgan fingerprint density at radius 2 is 2.33 bits per heavy atom. The summed E-state index contributed by atoms with van der Waals surface area (Å²) < 4.78 is 13.4. The zero-order valence-corrected chi connectivity index (χ0v) is 12.0. The number of nitrogens with two attached hydrogens (primary N) is 1. The molecule has 3 N–H and O–H groups in total. The summed E-state index contributed by atoms with van der Waals surface area (Å²) in [4.78, 5) is 13.5. The fourth-order valence-electron chi connectivity index (χ4n) is 3.75. The summed E-state index contributed by atoms with van der Waals surface area (Å²) in [7, 11) is 0. The van der Waals surface area contributed by atoms with Gasteiger partial charge in [-0.3, -0.25) is 4.79 Å². The number of halogens is 1. The molecule has 0 bridgehead atoms. The second-order valence-electron chi connectivity index (χ2n) is 6.23. The number of carboxylic acid groups (broad SMARTS) is 1. The highest BCUT2D eigenvalue weighted by atomic mass is 19.1. The maximum Gasteiger partial charge on any atom is 0.323 e. The summed E-state index contributed by atoms with van der Waals surface area (Å²) in [5.74, 6) is -1.11. The van der Waals surface area contributed by atoms with E-state index in [1.54, 1.807) is 6.07 Å². The van der Waals surface area contributed by atoms with Crippen LogP contribution in [0, 0.1) is 11.7 Å². The van der Waals surface area contributed by atoms with Crippen LogP contribution < -0.4 is 10.6 Å².